The average molecular weight is 353 g/mol. The molecule has 0 atom stereocenters. The summed E-state index contributed by atoms with van der Waals surface area (Å²) in [4.78, 5) is 23.1. The van der Waals surface area contributed by atoms with Gasteiger partial charge in [0.1, 0.15) is 17.7 Å². The Morgan fingerprint density at radius 3 is 2.58 bits per heavy atom. The van der Waals surface area contributed by atoms with E-state index in [0.29, 0.717) is 0 Å². The quantitative estimate of drug-likeness (QED) is 0.707. The van der Waals surface area contributed by atoms with E-state index in [9.17, 15) is 4.79 Å². The molecule has 0 N–H and O–H groups in total. The van der Waals surface area contributed by atoms with E-state index in [0.717, 1.165) is 80.0 Å². The number of nitrogens with zero attached hydrogens (tertiary/aromatic N) is 3. The number of rotatable bonds is 7. The number of aryl methyl sites for hydroxylation is 1. The lowest BCUT2D eigenvalue weighted by atomic mass is 9.98. The van der Waals surface area contributed by atoms with Gasteiger partial charge < -0.3 is 14.4 Å². The van der Waals surface area contributed by atoms with E-state index in [4.69, 9.17) is 14.7 Å². The van der Waals surface area contributed by atoms with Crippen LogP contribution in [0.25, 0.3) is 11.3 Å². The van der Waals surface area contributed by atoms with Crippen molar-refractivity contribution in [2.45, 2.75) is 39.0 Å². The minimum absolute atomic E-state index is 0.173. The first kappa shape index (κ1) is 18.4. The Labute approximate surface area is 155 Å². The van der Waals surface area contributed by atoms with Gasteiger partial charge in [-0.1, -0.05) is 13.3 Å². The van der Waals surface area contributed by atoms with Crippen LogP contribution in [0.2, 0.25) is 0 Å². The molecule has 1 aliphatic heterocycles. The molecule has 0 spiro atoms. The first-order valence-corrected chi connectivity index (χ1v) is 9.45. The van der Waals surface area contributed by atoms with Gasteiger partial charge in [-0.2, -0.15) is 0 Å². The molecule has 0 radical (unpaired) electrons. The zero-order chi connectivity index (χ0) is 18.4. The van der Waals surface area contributed by atoms with Gasteiger partial charge in [-0.25, -0.2) is 4.98 Å². The molecule has 1 aromatic heterocycles. The molecule has 1 fully saturated rings. The van der Waals surface area contributed by atoms with Gasteiger partial charge >= 0.3 is 0 Å². The molecule has 138 valence electrons. The van der Waals surface area contributed by atoms with Crippen molar-refractivity contribution in [1.82, 2.24) is 9.97 Å². The fourth-order valence-corrected chi connectivity index (χ4v) is 3.31. The number of unbranched alkanes of at least 4 members (excludes halogenated alkanes) is 1. The maximum absolute atomic E-state index is 11.1. The molecule has 1 saturated heterocycles. The van der Waals surface area contributed by atoms with Crippen LogP contribution < -0.4 is 9.64 Å². The number of hydrogen-bond donors (Lipinski definition) is 0. The first-order chi connectivity index (χ1) is 12.7. The number of carbonyl (C=O) groups is 1. The Kier molecular flexibility index (Phi) is 6.21. The highest BCUT2D eigenvalue weighted by Gasteiger charge is 2.23. The summed E-state index contributed by atoms with van der Waals surface area (Å²) in [5, 5.41) is 0. The Hall–Kier alpha value is -2.43. The normalized spacial score (nSPS) is 15.1. The van der Waals surface area contributed by atoms with Crippen molar-refractivity contribution in [3.8, 4) is 17.0 Å². The summed E-state index contributed by atoms with van der Waals surface area (Å²) in [5.41, 5.74) is 2.97. The number of piperidine rings is 1. The average Bonchev–Trinajstić information content (AvgIpc) is 2.72. The van der Waals surface area contributed by atoms with E-state index >= 15 is 0 Å². The van der Waals surface area contributed by atoms with Crippen LogP contribution in [-0.2, 0) is 11.2 Å². The summed E-state index contributed by atoms with van der Waals surface area (Å²) in [6, 6.07) is 7.95. The van der Waals surface area contributed by atoms with Crippen molar-refractivity contribution in [2.75, 3.05) is 25.1 Å². The lowest BCUT2D eigenvalue weighted by Crippen LogP contribution is -2.35. The second kappa shape index (κ2) is 8.79. The van der Waals surface area contributed by atoms with Gasteiger partial charge in [0.2, 0.25) is 0 Å². The molecule has 2 heterocycles. The minimum atomic E-state index is 0.173. The summed E-state index contributed by atoms with van der Waals surface area (Å²) in [6.07, 6.45) is 7.95. The molecule has 0 unspecified atom stereocenters. The van der Waals surface area contributed by atoms with E-state index in [1.807, 2.05) is 30.5 Å². The number of aldehydes is 1. The third-order valence-electron chi connectivity index (χ3n) is 4.99. The Bertz CT molecular complexity index is 723. The van der Waals surface area contributed by atoms with Crippen molar-refractivity contribution < 1.29 is 9.53 Å². The summed E-state index contributed by atoms with van der Waals surface area (Å²) < 4.78 is 5.26. The maximum Gasteiger partial charge on any atom is 0.155 e. The highest BCUT2D eigenvalue weighted by atomic mass is 16.5. The van der Waals surface area contributed by atoms with Crippen LogP contribution in [-0.4, -0.2) is 36.5 Å². The second-order valence-electron chi connectivity index (χ2n) is 6.83. The van der Waals surface area contributed by atoms with Crippen molar-refractivity contribution in [3.63, 3.8) is 0 Å². The molecule has 3 rings (SSSR count). The van der Waals surface area contributed by atoms with Crippen LogP contribution in [0.3, 0.4) is 0 Å². The molecule has 0 bridgehead atoms. The third kappa shape index (κ3) is 4.21. The maximum atomic E-state index is 11.1. The number of ether oxygens (including phenoxy) is 1. The SMILES string of the molecule is CCCCc1cnc(-c2ccc(OC)cc2)c(N2CCC(C=O)CC2)n1. The number of aromatic nitrogens is 2. The molecule has 1 aliphatic rings. The Morgan fingerprint density at radius 1 is 1.23 bits per heavy atom. The third-order valence-corrected chi connectivity index (χ3v) is 4.99. The smallest absolute Gasteiger partial charge is 0.155 e. The Balaban J connectivity index is 1.92. The summed E-state index contributed by atoms with van der Waals surface area (Å²) >= 11 is 0. The van der Waals surface area contributed by atoms with Crippen LogP contribution in [0.4, 0.5) is 5.82 Å². The topological polar surface area (TPSA) is 55.3 Å². The van der Waals surface area contributed by atoms with E-state index in [2.05, 4.69) is 11.8 Å². The van der Waals surface area contributed by atoms with Gasteiger partial charge in [-0.15, -0.1) is 0 Å². The van der Waals surface area contributed by atoms with Gasteiger partial charge in [0.15, 0.2) is 5.82 Å². The highest BCUT2D eigenvalue weighted by Crippen LogP contribution is 2.31. The van der Waals surface area contributed by atoms with Crippen LogP contribution in [0.15, 0.2) is 30.5 Å². The van der Waals surface area contributed by atoms with Gasteiger partial charge in [0.25, 0.3) is 0 Å². The summed E-state index contributed by atoms with van der Waals surface area (Å²) in [5.74, 6) is 1.94. The van der Waals surface area contributed by atoms with Crippen LogP contribution in [0.5, 0.6) is 5.75 Å². The zero-order valence-corrected chi connectivity index (χ0v) is 15.6. The minimum Gasteiger partial charge on any atom is -0.497 e. The highest BCUT2D eigenvalue weighted by molar-refractivity contribution is 5.73. The molecule has 1 aromatic carbocycles. The van der Waals surface area contributed by atoms with Crippen molar-refractivity contribution >= 4 is 12.1 Å². The van der Waals surface area contributed by atoms with Crippen molar-refractivity contribution in [2.24, 2.45) is 5.92 Å². The Morgan fingerprint density at radius 2 is 1.96 bits per heavy atom. The number of methoxy groups -OCH3 is 1. The fraction of sp³-hybridized carbons (Fsp3) is 0.476. The first-order valence-electron chi connectivity index (χ1n) is 9.45. The molecular weight excluding hydrogens is 326 g/mol. The van der Waals surface area contributed by atoms with E-state index < -0.39 is 0 Å². The molecule has 0 aliphatic carbocycles. The van der Waals surface area contributed by atoms with E-state index in [-0.39, 0.29) is 5.92 Å². The molecule has 5 nitrogen and oxygen atoms in total. The standard InChI is InChI=1S/C21H27N3O2/c1-3-4-5-18-14-22-20(17-6-8-19(26-2)9-7-17)21(23-18)24-12-10-16(15-25)11-13-24/h6-9,14-16H,3-5,10-13H2,1-2H3. The van der Waals surface area contributed by atoms with Gasteiger partial charge in [-0.3, -0.25) is 4.98 Å². The monoisotopic (exact) mass is 353 g/mol. The van der Waals surface area contributed by atoms with Gasteiger partial charge in [-0.05, 0) is 49.9 Å². The predicted molar refractivity (Wildman–Crippen MR) is 104 cm³/mol. The number of hydrogen-bond acceptors (Lipinski definition) is 5. The van der Waals surface area contributed by atoms with Gasteiger partial charge in [0, 0.05) is 30.8 Å². The lowest BCUT2D eigenvalue weighted by Gasteiger charge is -2.31. The molecular formula is C21H27N3O2. The largest absolute Gasteiger partial charge is 0.497 e. The summed E-state index contributed by atoms with van der Waals surface area (Å²) in [6.45, 7) is 3.88. The van der Waals surface area contributed by atoms with E-state index in [1.165, 1.54) is 0 Å². The number of anilines is 1. The lowest BCUT2D eigenvalue weighted by molar-refractivity contribution is -0.111. The zero-order valence-electron chi connectivity index (χ0n) is 15.6. The van der Waals surface area contributed by atoms with Crippen LogP contribution in [0.1, 0.15) is 38.3 Å². The molecule has 26 heavy (non-hydrogen) atoms. The van der Waals surface area contributed by atoms with Crippen LogP contribution in [0, 0.1) is 5.92 Å². The second-order valence-corrected chi connectivity index (χ2v) is 6.83. The van der Waals surface area contributed by atoms with Crippen molar-refractivity contribution in [1.29, 1.82) is 0 Å². The van der Waals surface area contributed by atoms with Gasteiger partial charge in [0.05, 0.1) is 12.8 Å². The number of carbonyl (C=O) groups excluding carboxylic acids is 1. The fourth-order valence-electron chi connectivity index (χ4n) is 3.31. The van der Waals surface area contributed by atoms with Crippen LogP contribution >= 0.6 is 0 Å². The predicted octanol–water partition coefficient (Wildman–Crippen LogP) is 3.91. The molecule has 0 saturated carbocycles. The number of benzene rings is 1. The van der Waals surface area contributed by atoms with E-state index in [1.54, 1.807) is 7.11 Å². The molecule has 5 heteroatoms. The molecule has 0 amide bonds. The van der Waals surface area contributed by atoms with Crippen molar-refractivity contribution in [3.05, 3.63) is 36.2 Å². The summed E-state index contributed by atoms with van der Waals surface area (Å²) in [7, 11) is 1.67. The molecule has 2 aromatic rings.